The highest BCUT2D eigenvalue weighted by atomic mass is 16.5. The van der Waals surface area contributed by atoms with Crippen molar-refractivity contribution in [3.63, 3.8) is 0 Å². The van der Waals surface area contributed by atoms with Crippen LogP contribution in [0.2, 0.25) is 0 Å². The van der Waals surface area contributed by atoms with Crippen molar-refractivity contribution in [3.05, 3.63) is 66.8 Å². The van der Waals surface area contributed by atoms with Crippen LogP contribution in [0.3, 0.4) is 0 Å². The zero-order valence-electron chi connectivity index (χ0n) is 14.1. The number of nitrogens with one attached hydrogen (secondary N) is 2. The fraction of sp³-hybridized carbons (Fsp3) is 0.158. The Morgan fingerprint density at radius 2 is 1.50 bits per heavy atom. The van der Waals surface area contributed by atoms with E-state index >= 15 is 0 Å². The molecule has 0 aliphatic heterocycles. The van der Waals surface area contributed by atoms with Gasteiger partial charge in [0.2, 0.25) is 11.8 Å². The third-order valence-electron chi connectivity index (χ3n) is 2.83. The van der Waals surface area contributed by atoms with E-state index in [9.17, 15) is 9.59 Å². The lowest BCUT2D eigenvalue weighted by Crippen LogP contribution is -2.10. The predicted octanol–water partition coefficient (Wildman–Crippen LogP) is 3.84. The third kappa shape index (κ3) is 6.79. The monoisotopic (exact) mass is 326 g/mol. The number of ether oxygens (including phenoxy) is 1. The highest BCUT2D eigenvalue weighted by Crippen LogP contribution is 2.28. The summed E-state index contributed by atoms with van der Waals surface area (Å²) in [5.41, 5.74) is 1.10. The standard InChI is InChI=1S/C19H22N2O3/c1-4-6-8-10-18(22)20-15-12-13-16(17(14-15)24-3)21-19(23)11-9-7-5-2/h4-14H,1-3H3,(H,20,22)(H,21,23). The molecule has 126 valence electrons. The number of hydrogen-bond acceptors (Lipinski definition) is 3. The second kappa shape index (κ2) is 10.6. The Balaban J connectivity index is 2.81. The summed E-state index contributed by atoms with van der Waals surface area (Å²) in [6.07, 6.45) is 13.3. The molecule has 5 heteroatoms. The summed E-state index contributed by atoms with van der Waals surface area (Å²) >= 11 is 0. The molecule has 0 fully saturated rings. The summed E-state index contributed by atoms with van der Waals surface area (Å²) in [6, 6.07) is 5.01. The number of amides is 2. The quantitative estimate of drug-likeness (QED) is 0.591. The molecule has 0 bridgehead atoms. The van der Waals surface area contributed by atoms with Crippen molar-refractivity contribution >= 4 is 23.2 Å². The normalized spacial score (nSPS) is 11.6. The van der Waals surface area contributed by atoms with Gasteiger partial charge < -0.3 is 15.4 Å². The summed E-state index contributed by atoms with van der Waals surface area (Å²) in [4.78, 5) is 23.5. The van der Waals surface area contributed by atoms with Crippen LogP contribution in [0.5, 0.6) is 5.75 Å². The Morgan fingerprint density at radius 1 is 0.917 bits per heavy atom. The van der Waals surface area contributed by atoms with Crippen molar-refractivity contribution < 1.29 is 14.3 Å². The molecule has 2 amide bonds. The number of rotatable bonds is 7. The molecule has 0 aliphatic carbocycles. The van der Waals surface area contributed by atoms with E-state index < -0.39 is 0 Å². The molecular formula is C19H22N2O3. The van der Waals surface area contributed by atoms with Gasteiger partial charge in [0.15, 0.2) is 0 Å². The van der Waals surface area contributed by atoms with E-state index in [1.165, 1.54) is 19.3 Å². The molecule has 0 atom stereocenters. The summed E-state index contributed by atoms with van der Waals surface area (Å²) in [5.74, 6) is -0.0586. The topological polar surface area (TPSA) is 67.4 Å². The largest absolute Gasteiger partial charge is 0.494 e. The summed E-state index contributed by atoms with van der Waals surface area (Å²) < 4.78 is 5.26. The second-order valence-electron chi connectivity index (χ2n) is 4.66. The molecule has 0 radical (unpaired) electrons. The van der Waals surface area contributed by atoms with Crippen LogP contribution in [-0.2, 0) is 9.59 Å². The molecule has 5 nitrogen and oxygen atoms in total. The first kappa shape index (κ1) is 19.0. The molecule has 0 aliphatic rings. The minimum absolute atomic E-state index is 0.249. The molecule has 0 spiro atoms. The van der Waals surface area contributed by atoms with E-state index in [4.69, 9.17) is 4.74 Å². The van der Waals surface area contributed by atoms with Crippen molar-refractivity contribution in [3.8, 4) is 5.75 Å². The maximum Gasteiger partial charge on any atom is 0.248 e. The first-order valence-corrected chi connectivity index (χ1v) is 7.49. The minimum Gasteiger partial charge on any atom is -0.494 e. The number of anilines is 2. The van der Waals surface area contributed by atoms with Gasteiger partial charge in [-0.2, -0.15) is 0 Å². The first-order chi connectivity index (χ1) is 11.6. The highest BCUT2D eigenvalue weighted by Gasteiger charge is 2.07. The highest BCUT2D eigenvalue weighted by molar-refractivity contribution is 6.02. The lowest BCUT2D eigenvalue weighted by molar-refractivity contribution is -0.112. The Labute approximate surface area is 142 Å². The van der Waals surface area contributed by atoms with Crippen molar-refractivity contribution in [2.45, 2.75) is 13.8 Å². The molecule has 24 heavy (non-hydrogen) atoms. The van der Waals surface area contributed by atoms with Gasteiger partial charge in [0.1, 0.15) is 5.75 Å². The van der Waals surface area contributed by atoms with Crippen LogP contribution in [0, 0.1) is 0 Å². The molecule has 0 aromatic heterocycles. The summed E-state index contributed by atoms with van der Waals surface area (Å²) in [5, 5.41) is 5.44. The molecule has 0 saturated heterocycles. The molecule has 1 aromatic rings. The van der Waals surface area contributed by atoms with Gasteiger partial charge in [-0.25, -0.2) is 0 Å². The number of carbonyl (C=O) groups excluding carboxylic acids is 2. The Bertz CT molecular complexity index is 686. The van der Waals surface area contributed by atoms with E-state index in [-0.39, 0.29) is 11.8 Å². The molecule has 2 N–H and O–H groups in total. The van der Waals surface area contributed by atoms with Gasteiger partial charge in [-0.05, 0) is 26.0 Å². The van der Waals surface area contributed by atoms with Gasteiger partial charge in [0, 0.05) is 23.9 Å². The molecule has 0 heterocycles. The number of hydrogen-bond donors (Lipinski definition) is 2. The average Bonchev–Trinajstić information content (AvgIpc) is 2.56. The lowest BCUT2D eigenvalue weighted by Gasteiger charge is -2.11. The second-order valence-corrected chi connectivity index (χ2v) is 4.66. The Kier molecular flexibility index (Phi) is 8.39. The van der Waals surface area contributed by atoms with E-state index in [0.29, 0.717) is 17.1 Å². The van der Waals surface area contributed by atoms with Gasteiger partial charge in [0.05, 0.1) is 12.8 Å². The van der Waals surface area contributed by atoms with E-state index in [0.717, 1.165) is 0 Å². The molecule has 1 rings (SSSR count). The maximum atomic E-state index is 11.8. The van der Waals surface area contributed by atoms with Crippen LogP contribution in [0.25, 0.3) is 0 Å². The number of allylic oxidation sites excluding steroid dienone is 6. The molecule has 1 aromatic carbocycles. The smallest absolute Gasteiger partial charge is 0.248 e. The predicted molar refractivity (Wildman–Crippen MR) is 98.2 cm³/mol. The third-order valence-corrected chi connectivity index (χ3v) is 2.83. The van der Waals surface area contributed by atoms with Gasteiger partial charge in [-0.15, -0.1) is 0 Å². The zero-order chi connectivity index (χ0) is 17.8. The SMILES string of the molecule is CC=CC=CC(=O)Nc1ccc(NC(=O)C=CC=CC)c(OC)c1. The van der Waals surface area contributed by atoms with Crippen LogP contribution >= 0.6 is 0 Å². The van der Waals surface area contributed by atoms with Gasteiger partial charge in [-0.1, -0.05) is 36.5 Å². The fourth-order valence-corrected chi connectivity index (χ4v) is 1.74. The fourth-order valence-electron chi connectivity index (χ4n) is 1.74. The lowest BCUT2D eigenvalue weighted by atomic mass is 10.2. The van der Waals surface area contributed by atoms with E-state index in [1.54, 1.807) is 42.5 Å². The Morgan fingerprint density at radius 3 is 2.04 bits per heavy atom. The Hall–Kier alpha value is -3.08. The average molecular weight is 326 g/mol. The van der Waals surface area contributed by atoms with E-state index in [1.807, 2.05) is 26.0 Å². The van der Waals surface area contributed by atoms with Crippen molar-refractivity contribution in [1.29, 1.82) is 0 Å². The minimum atomic E-state index is -0.266. The summed E-state index contributed by atoms with van der Waals surface area (Å²) in [7, 11) is 1.50. The van der Waals surface area contributed by atoms with Crippen LogP contribution in [0.4, 0.5) is 11.4 Å². The van der Waals surface area contributed by atoms with Crippen LogP contribution in [0.15, 0.2) is 66.8 Å². The molecule has 0 saturated carbocycles. The van der Waals surface area contributed by atoms with Crippen LogP contribution < -0.4 is 15.4 Å². The van der Waals surface area contributed by atoms with Gasteiger partial charge in [-0.3, -0.25) is 9.59 Å². The summed E-state index contributed by atoms with van der Waals surface area (Å²) in [6.45, 7) is 3.74. The maximum absolute atomic E-state index is 11.8. The van der Waals surface area contributed by atoms with Crippen LogP contribution in [0.1, 0.15) is 13.8 Å². The van der Waals surface area contributed by atoms with Crippen molar-refractivity contribution in [2.24, 2.45) is 0 Å². The van der Waals surface area contributed by atoms with Gasteiger partial charge >= 0.3 is 0 Å². The molecular weight excluding hydrogens is 304 g/mol. The number of carbonyl (C=O) groups is 2. The molecule has 0 unspecified atom stereocenters. The van der Waals surface area contributed by atoms with Gasteiger partial charge in [0.25, 0.3) is 0 Å². The number of methoxy groups -OCH3 is 1. The van der Waals surface area contributed by atoms with E-state index in [2.05, 4.69) is 10.6 Å². The zero-order valence-corrected chi connectivity index (χ0v) is 14.1. The van der Waals surface area contributed by atoms with Crippen LogP contribution in [-0.4, -0.2) is 18.9 Å². The van der Waals surface area contributed by atoms with Crippen molar-refractivity contribution in [1.82, 2.24) is 0 Å². The first-order valence-electron chi connectivity index (χ1n) is 7.49. The van der Waals surface area contributed by atoms with Crippen molar-refractivity contribution in [2.75, 3.05) is 17.7 Å². The number of benzene rings is 1.